The number of nitrogens with one attached hydrogen (secondary N) is 1. The van der Waals surface area contributed by atoms with Crippen LogP contribution in [-0.2, 0) is 6.61 Å². The van der Waals surface area contributed by atoms with Crippen molar-refractivity contribution in [1.82, 2.24) is 5.43 Å². The lowest BCUT2D eigenvalue weighted by Gasteiger charge is -2.06. The lowest BCUT2D eigenvalue weighted by Crippen LogP contribution is -2.17. The van der Waals surface area contributed by atoms with Crippen LogP contribution in [-0.4, -0.2) is 12.1 Å². The second-order valence-corrected chi connectivity index (χ2v) is 6.75. The first-order chi connectivity index (χ1) is 14.7. The monoisotopic (exact) mass is 398 g/mol. The molecule has 4 rings (SSSR count). The molecule has 0 saturated heterocycles. The average Bonchev–Trinajstić information content (AvgIpc) is 2.79. The summed E-state index contributed by atoms with van der Waals surface area (Å²) < 4.78 is 18.6. The SMILES string of the molecule is O=C(N/N=C\c1ccc(OCc2ccc(F)cc2)cc1)c1ccc2ccccc2c1. The Bertz CT molecular complexity index is 1190. The van der Waals surface area contributed by atoms with E-state index in [1.807, 2.05) is 60.7 Å². The minimum absolute atomic E-state index is 0.267. The van der Waals surface area contributed by atoms with Crippen molar-refractivity contribution in [3.8, 4) is 5.75 Å². The molecule has 1 amide bonds. The second kappa shape index (κ2) is 9.01. The normalized spacial score (nSPS) is 11.0. The Kier molecular flexibility index (Phi) is 5.80. The molecule has 4 aromatic rings. The van der Waals surface area contributed by atoms with Gasteiger partial charge in [-0.15, -0.1) is 0 Å². The number of nitrogens with zero attached hydrogens (tertiary/aromatic N) is 1. The number of benzene rings is 4. The summed E-state index contributed by atoms with van der Waals surface area (Å²) in [6, 6.07) is 26.9. The summed E-state index contributed by atoms with van der Waals surface area (Å²) in [5, 5.41) is 6.12. The summed E-state index contributed by atoms with van der Waals surface area (Å²) in [6.07, 6.45) is 1.57. The van der Waals surface area contributed by atoms with Gasteiger partial charge in [-0.3, -0.25) is 4.79 Å². The van der Waals surface area contributed by atoms with Crippen LogP contribution < -0.4 is 10.2 Å². The molecule has 0 aromatic heterocycles. The fraction of sp³-hybridized carbons (Fsp3) is 0.0400. The van der Waals surface area contributed by atoms with Gasteiger partial charge >= 0.3 is 0 Å². The molecule has 5 heteroatoms. The van der Waals surface area contributed by atoms with E-state index < -0.39 is 0 Å². The van der Waals surface area contributed by atoms with Gasteiger partial charge < -0.3 is 4.74 Å². The number of carbonyl (C=O) groups excluding carboxylic acids is 1. The first-order valence-corrected chi connectivity index (χ1v) is 9.47. The van der Waals surface area contributed by atoms with Crippen LogP contribution in [0.3, 0.4) is 0 Å². The van der Waals surface area contributed by atoms with Crippen molar-refractivity contribution in [1.29, 1.82) is 0 Å². The predicted molar refractivity (Wildman–Crippen MR) is 116 cm³/mol. The zero-order chi connectivity index (χ0) is 20.8. The van der Waals surface area contributed by atoms with Crippen molar-refractivity contribution in [3.63, 3.8) is 0 Å². The van der Waals surface area contributed by atoms with Gasteiger partial charge in [0, 0.05) is 5.56 Å². The minimum Gasteiger partial charge on any atom is -0.489 e. The molecule has 0 aliphatic heterocycles. The largest absolute Gasteiger partial charge is 0.489 e. The van der Waals surface area contributed by atoms with Crippen molar-refractivity contribution < 1.29 is 13.9 Å². The van der Waals surface area contributed by atoms with E-state index in [0.29, 0.717) is 17.9 Å². The molecule has 0 radical (unpaired) electrons. The lowest BCUT2D eigenvalue weighted by atomic mass is 10.1. The number of halogens is 1. The van der Waals surface area contributed by atoms with E-state index in [9.17, 15) is 9.18 Å². The van der Waals surface area contributed by atoms with Crippen molar-refractivity contribution >= 4 is 22.9 Å². The van der Waals surface area contributed by atoms with Gasteiger partial charge in [-0.1, -0.05) is 42.5 Å². The van der Waals surface area contributed by atoms with E-state index in [1.54, 1.807) is 24.4 Å². The third-order valence-electron chi connectivity index (χ3n) is 4.59. The van der Waals surface area contributed by atoms with Gasteiger partial charge in [0.25, 0.3) is 5.91 Å². The summed E-state index contributed by atoms with van der Waals surface area (Å²) in [7, 11) is 0. The zero-order valence-corrected chi connectivity index (χ0v) is 16.1. The van der Waals surface area contributed by atoms with Gasteiger partial charge in [0.15, 0.2) is 0 Å². The average molecular weight is 398 g/mol. The Morgan fingerprint density at radius 1 is 0.900 bits per heavy atom. The lowest BCUT2D eigenvalue weighted by molar-refractivity contribution is 0.0955. The topological polar surface area (TPSA) is 50.7 Å². The quantitative estimate of drug-likeness (QED) is 0.353. The molecule has 0 fully saturated rings. The zero-order valence-electron chi connectivity index (χ0n) is 16.1. The maximum atomic E-state index is 12.9. The number of ether oxygens (including phenoxy) is 1. The predicted octanol–water partition coefficient (Wildman–Crippen LogP) is 5.32. The highest BCUT2D eigenvalue weighted by Gasteiger charge is 2.05. The van der Waals surface area contributed by atoms with Gasteiger partial charge in [-0.05, 0) is 70.4 Å². The number of hydrazone groups is 1. The molecule has 0 saturated carbocycles. The Hall–Kier alpha value is -3.99. The molecule has 1 N–H and O–H groups in total. The number of amides is 1. The number of hydrogen-bond acceptors (Lipinski definition) is 3. The van der Waals surface area contributed by atoms with Crippen LogP contribution in [0.4, 0.5) is 4.39 Å². The van der Waals surface area contributed by atoms with Crippen molar-refractivity contribution in [2.75, 3.05) is 0 Å². The molecule has 148 valence electrons. The van der Waals surface area contributed by atoms with Crippen LogP contribution in [0.5, 0.6) is 5.75 Å². The van der Waals surface area contributed by atoms with Crippen LogP contribution in [0, 0.1) is 5.82 Å². The molecule has 0 bridgehead atoms. The number of carbonyl (C=O) groups is 1. The number of hydrogen-bond donors (Lipinski definition) is 1. The van der Waals surface area contributed by atoms with E-state index in [1.165, 1.54) is 12.1 Å². The Labute approximate surface area is 173 Å². The Morgan fingerprint density at radius 2 is 1.63 bits per heavy atom. The highest BCUT2D eigenvalue weighted by atomic mass is 19.1. The van der Waals surface area contributed by atoms with Crippen molar-refractivity contribution in [2.24, 2.45) is 5.10 Å². The van der Waals surface area contributed by atoms with Crippen LogP contribution >= 0.6 is 0 Å². The molecule has 0 aliphatic carbocycles. The summed E-state index contributed by atoms with van der Waals surface area (Å²) in [6.45, 7) is 0.357. The molecular weight excluding hydrogens is 379 g/mol. The summed E-state index contributed by atoms with van der Waals surface area (Å²) in [4.78, 5) is 12.3. The molecule has 0 unspecified atom stereocenters. The van der Waals surface area contributed by atoms with E-state index >= 15 is 0 Å². The number of fused-ring (bicyclic) bond motifs is 1. The van der Waals surface area contributed by atoms with E-state index in [4.69, 9.17) is 4.74 Å². The summed E-state index contributed by atoms with van der Waals surface area (Å²) >= 11 is 0. The van der Waals surface area contributed by atoms with Crippen molar-refractivity contribution in [2.45, 2.75) is 6.61 Å². The van der Waals surface area contributed by atoms with E-state index in [2.05, 4.69) is 10.5 Å². The van der Waals surface area contributed by atoms with Gasteiger partial charge in [0.05, 0.1) is 6.21 Å². The Morgan fingerprint density at radius 3 is 2.40 bits per heavy atom. The maximum absolute atomic E-state index is 12.9. The minimum atomic E-state index is -0.268. The molecule has 0 spiro atoms. The first-order valence-electron chi connectivity index (χ1n) is 9.47. The second-order valence-electron chi connectivity index (χ2n) is 6.75. The molecule has 0 aliphatic rings. The molecule has 30 heavy (non-hydrogen) atoms. The smallest absolute Gasteiger partial charge is 0.271 e. The van der Waals surface area contributed by atoms with Crippen LogP contribution in [0.2, 0.25) is 0 Å². The Balaban J connectivity index is 1.32. The van der Waals surface area contributed by atoms with E-state index in [-0.39, 0.29) is 11.7 Å². The molecule has 4 aromatic carbocycles. The fourth-order valence-electron chi connectivity index (χ4n) is 2.96. The third kappa shape index (κ3) is 4.89. The van der Waals surface area contributed by atoms with Crippen LogP contribution in [0.1, 0.15) is 21.5 Å². The molecule has 0 heterocycles. The highest BCUT2D eigenvalue weighted by molar-refractivity contribution is 5.98. The molecule has 0 atom stereocenters. The van der Waals surface area contributed by atoms with Gasteiger partial charge in [-0.2, -0.15) is 5.10 Å². The fourth-order valence-corrected chi connectivity index (χ4v) is 2.96. The summed E-state index contributed by atoms with van der Waals surface area (Å²) in [5.41, 5.74) is 4.81. The van der Waals surface area contributed by atoms with Crippen molar-refractivity contribution in [3.05, 3.63) is 114 Å². The van der Waals surface area contributed by atoms with E-state index in [0.717, 1.165) is 21.9 Å². The maximum Gasteiger partial charge on any atom is 0.271 e. The van der Waals surface area contributed by atoms with Gasteiger partial charge in [0.1, 0.15) is 18.2 Å². The van der Waals surface area contributed by atoms with Crippen LogP contribution in [0.25, 0.3) is 10.8 Å². The standard InChI is InChI=1S/C25H19FN2O2/c26-23-11-5-19(6-12-23)17-30-24-13-7-18(8-14-24)16-27-28-25(29)22-10-9-20-3-1-2-4-21(20)15-22/h1-16H,17H2,(H,28,29)/b27-16-. The van der Waals surface area contributed by atoms with Gasteiger partial charge in [0.2, 0.25) is 0 Å². The highest BCUT2D eigenvalue weighted by Crippen LogP contribution is 2.16. The first kappa shape index (κ1) is 19.3. The number of rotatable bonds is 6. The molecular formula is C25H19FN2O2. The third-order valence-corrected chi connectivity index (χ3v) is 4.59. The van der Waals surface area contributed by atoms with Crippen LogP contribution in [0.15, 0.2) is 96.1 Å². The van der Waals surface area contributed by atoms with Gasteiger partial charge in [-0.25, -0.2) is 9.82 Å². The molecule has 4 nitrogen and oxygen atoms in total. The summed E-state index contributed by atoms with van der Waals surface area (Å²) in [5.74, 6) is 0.156.